The van der Waals surface area contributed by atoms with Crippen molar-refractivity contribution >= 4 is 5.91 Å². The molecule has 1 fully saturated rings. The van der Waals surface area contributed by atoms with Crippen LogP contribution in [0.15, 0.2) is 35.5 Å². The molecule has 3 aromatic heterocycles. The van der Waals surface area contributed by atoms with Crippen LogP contribution in [0.5, 0.6) is 0 Å². The van der Waals surface area contributed by atoms with E-state index < -0.39 is 0 Å². The van der Waals surface area contributed by atoms with Crippen LogP contribution < -0.4 is 5.32 Å². The predicted octanol–water partition coefficient (Wildman–Crippen LogP) is 0.724. The number of oxazole rings is 1. The highest BCUT2D eigenvalue weighted by molar-refractivity contribution is 5.91. The van der Waals surface area contributed by atoms with Crippen molar-refractivity contribution < 1.29 is 9.21 Å². The number of carbonyl (C=O) groups excluding carboxylic acids is 1. The molecule has 3 aromatic rings. The number of rotatable bonds is 5. The number of carbonyl (C=O) groups is 1. The van der Waals surface area contributed by atoms with Crippen LogP contribution in [-0.4, -0.2) is 41.5 Å². The van der Waals surface area contributed by atoms with Crippen LogP contribution in [0.4, 0.5) is 0 Å². The highest BCUT2D eigenvalue weighted by Crippen LogP contribution is 2.36. The van der Waals surface area contributed by atoms with Gasteiger partial charge >= 0.3 is 0 Å². The van der Waals surface area contributed by atoms with Gasteiger partial charge in [0.25, 0.3) is 5.91 Å². The second-order valence-electron chi connectivity index (χ2n) is 5.94. The van der Waals surface area contributed by atoms with Gasteiger partial charge in [-0.05, 0) is 18.9 Å². The molecule has 1 N–H and O–H groups in total. The first kappa shape index (κ1) is 14.6. The van der Waals surface area contributed by atoms with E-state index in [4.69, 9.17) is 4.42 Å². The summed E-state index contributed by atoms with van der Waals surface area (Å²) in [5, 5.41) is 15.7. The molecule has 0 spiro atoms. The van der Waals surface area contributed by atoms with Crippen LogP contribution in [0, 0.1) is 0 Å². The molecule has 0 radical (unpaired) electrons. The van der Waals surface area contributed by atoms with Crippen molar-refractivity contribution in [3.05, 3.63) is 48.5 Å². The van der Waals surface area contributed by atoms with Crippen molar-refractivity contribution in [2.75, 3.05) is 0 Å². The SMILES string of the molecule is Cn1c(Cn2cccn2)nnc1C1CC(NC(=O)c2cnco2)C1. The fourth-order valence-electron chi connectivity index (χ4n) is 2.94. The van der Waals surface area contributed by atoms with Crippen molar-refractivity contribution in [1.29, 1.82) is 0 Å². The monoisotopic (exact) mass is 327 g/mol. The van der Waals surface area contributed by atoms with Crippen LogP contribution in [0.2, 0.25) is 0 Å². The van der Waals surface area contributed by atoms with Crippen molar-refractivity contribution in [3.63, 3.8) is 0 Å². The molecule has 0 bridgehead atoms. The molecule has 0 aromatic carbocycles. The lowest BCUT2D eigenvalue weighted by molar-refractivity contribution is 0.0878. The molecule has 3 heterocycles. The maximum Gasteiger partial charge on any atom is 0.288 e. The Hall–Kier alpha value is -2.97. The first-order valence-electron chi connectivity index (χ1n) is 7.75. The fraction of sp³-hybridized carbons (Fsp3) is 0.400. The summed E-state index contributed by atoms with van der Waals surface area (Å²) in [6, 6.07) is 2.00. The molecular weight excluding hydrogens is 310 g/mol. The largest absolute Gasteiger partial charge is 0.438 e. The first-order valence-corrected chi connectivity index (χ1v) is 7.75. The first-order chi connectivity index (χ1) is 11.7. The maximum absolute atomic E-state index is 11.9. The molecular formula is C15H17N7O2. The second kappa shape index (κ2) is 5.91. The highest BCUT2D eigenvalue weighted by Gasteiger charge is 2.35. The molecule has 1 aliphatic carbocycles. The van der Waals surface area contributed by atoms with Gasteiger partial charge in [0.05, 0.1) is 6.20 Å². The molecule has 124 valence electrons. The minimum atomic E-state index is -0.228. The zero-order chi connectivity index (χ0) is 16.5. The summed E-state index contributed by atoms with van der Waals surface area (Å²) in [7, 11) is 1.97. The molecule has 24 heavy (non-hydrogen) atoms. The van der Waals surface area contributed by atoms with Gasteiger partial charge in [0.1, 0.15) is 12.4 Å². The number of aromatic nitrogens is 6. The average molecular weight is 327 g/mol. The molecule has 1 amide bonds. The summed E-state index contributed by atoms with van der Waals surface area (Å²) in [6.45, 7) is 0.592. The average Bonchev–Trinajstić information content (AvgIpc) is 3.27. The molecule has 4 rings (SSSR count). The number of hydrogen-bond acceptors (Lipinski definition) is 6. The van der Waals surface area contributed by atoms with E-state index in [1.807, 2.05) is 28.6 Å². The summed E-state index contributed by atoms with van der Waals surface area (Å²) in [5.74, 6) is 2.12. The highest BCUT2D eigenvalue weighted by atomic mass is 16.3. The summed E-state index contributed by atoms with van der Waals surface area (Å²) in [5.41, 5.74) is 0. The molecule has 9 nitrogen and oxygen atoms in total. The molecule has 0 unspecified atom stereocenters. The van der Waals surface area contributed by atoms with Crippen LogP contribution in [0.25, 0.3) is 0 Å². The van der Waals surface area contributed by atoms with Gasteiger partial charge in [-0.2, -0.15) is 5.10 Å². The molecule has 0 aliphatic heterocycles. The molecule has 0 saturated heterocycles. The Balaban J connectivity index is 1.35. The summed E-state index contributed by atoms with van der Waals surface area (Å²) in [4.78, 5) is 15.7. The zero-order valence-electron chi connectivity index (χ0n) is 13.2. The summed E-state index contributed by atoms with van der Waals surface area (Å²) in [6.07, 6.45) is 7.98. The van der Waals surface area contributed by atoms with Gasteiger partial charge in [-0.1, -0.05) is 0 Å². The Kier molecular flexibility index (Phi) is 3.60. The van der Waals surface area contributed by atoms with Crippen LogP contribution in [0.3, 0.4) is 0 Å². The fourth-order valence-corrected chi connectivity index (χ4v) is 2.94. The second-order valence-corrected chi connectivity index (χ2v) is 5.94. The number of hydrogen-bond donors (Lipinski definition) is 1. The van der Waals surface area contributed by atoms with Crippen LogP contribution in [-0.2, 0) is 13.6 Å². The third-order valence-electron chi connectivity index (χ3n) is 4.36. The van der Waals surface area contributed by atoms with Crippen molar-refractivity contribution in [3.8, 4) is 0 Å². The van der Waals surface area contributed by atoms with E-state index in [0.717, 1.165) is 24.5 Å². The quantitative estimate of drug-likeness (QED) is 0.741. The minimum Gasteiger partial charge on any atom is -0.438 e. The van der Waals surface area contributed by atoms with Crippen LogP contribution >= 0.6 is 0 Å². The summed E-state index contributed by atoms with van der Waals surface area (Å²) >= 11 is 0. The van der Waals surface area contributed by atoms with Gasteiger partial charge in [0.2, 0.25) is 5.76 Å². The Morgan fingerprint density at radius 1 is 1.42 bits per heavy atom. The normalized spacial score (nSPS) is 19.9. The third kappa shape index (κ3) is 2.68. The Bertz CT molecular complexity index is 816. The lowest BCUT2D eigenvalue weighted by Crippen LogP contribution is -2.43. The van der Waals surface area contributed by atoms with E-state index in [9.17, 15) is 4.79 Å². The van der Waals surface area contributed by atoms with Crippen LogP contribution in [0.1, 0.15) is 41.0 Å². The van der Waals surface area contributed by atoms with Gasteiger partial charge in [-0.15, -0.1) is 10.2 Å². The number of amides is 1. The predicted molar refractivity (Wildman–Crippen MR) is 82.1 cm³/mol. The van der Waals surface area contributed by atoms with Crippen molar-refractivity contribution in [1.82, 2.24) is 34.8 Å². The Morgan fingerprint density at radius 2 is 2.29 bits per heavy atom. The Labute approximate surface area is 137 Å². The summed E-state index contributed by atoms with van der Waals surface area (Å²) < 4.78 is 8.82. The van der Waals surface area contributed by atoms with E-state index in [0.29, 0.717) is 12.5 Å². The smallest absolute Gasteiger partial charge is 0.288 e. The molecule has 1 saturated carbocycles. The zero-order valence-corrected chi connectivity index (χ0v) is 13.2. The van der Waals surface area contributed by atoms with Gasteiger partial charge < -0.3 is 14.3 Å². The van der Waals surface area contributed by atoms with E-state index in [-0.39, 0.29) is 17.7 Å². The molecule has 0 atom stereocenters. The van der Waals surface area contributed by atoms with Crippen molar-refractivity contribution in [2.24, 2.45) is 7.05 Å². The minimum absolute atomic E-state index is 0.124. The Morgan fingerprint density at radius 3 is 3.00 bits per heavy atom. The van der Waals surface area contributed by atoms with E-state index in [1.165, 1.54) is 12.6 Å². The lowest BCUT2D eigenvalue weighted by Gasteiger charge is -2.34. The van der Waals surface area contributed by atoms with E-state index >= 15 is 0 Å². The van der Waals surface area contributed by atoms with Gasteiger partial charge in [0, 0.05) is 31.4 Å². The van der Waals surface area contributed by atoms with Gasteiger partial charge in [0.15, 0.2) is 12.2 Å². The standard InChI is InChI=1S/C15H17N7O2/c1-21-13(8-22-4-2-3-17-22)19-20-14(21)10-5-11(6-10)18-15(23)12-7-16-9-24-12/h2-4,7,9-11H,5-6,8H2,1H3,(H,18,23). The maximum atomic E-state index is 11.9. The van der Waals surface area contributed by atoms with E-state index in [1.54, 1.807) is 6.20 Å². The topological polar surface area (TPSA) is 104 Å². The molecule has 1 aliphatic rings. The van der Waals surface area contributed by atoms with Gasteiger partial charge in [-0.3, -0.25) is 9.48 Å². The molecule has 9 heteroatoms. The van der Waals surface area contributed by atoms with Gasteiger partial charge in [-0.25, -0.2) is 4.98 Å². The lowest BCUT2D eigenvalue weighted by atomic mass is 9.79. The number of nitrogens with zero attached hydrogens (tertiary/aromatic N) is 6. The van der Waals surface area contributed by atoms with E-state index in [2.05, 4.69) is 25.6 Å². The van der Waals surface area contributed by atoms with Crippen molar-refractivity contribution in [2.45, 2.75) is 31.3 Å². The number of nitrogens with one attached hydrogen (secondary N) is 1. The third-order valence-corrected chi connectivity index (χ3v) is 4.36.